The molecule has 104 valence electrons. The van der Waals surface area contributed by atoms with Crippen LogP contribution in [0.4, 0.5) is 5.69 Å². The van der Waals surface area contributed by atoms with Crippen molar-refractivity contribution in [3.05, 3.63) is 64.7 Å². The number of anilines is 1. The Bertz CT molecular complexity index is 617. The van der Waals surface area contributed by atoms with Gasteiger partial charge in [-0.3, -0.25) is 0 Å². The number of aromatic carboxylic acids is 1. The average molecular weight is 269 g/mol. The second-order valence-corrected chi connectivity index (χ2v) is 5.12. The number of hydrogen-bond acceptors (Lipinski definition) is 2. The van der Waals surface area contributed by atoms with E-state index in [2.05, 4.69) is 31.2 Å². The summed E-state index contributed by atoms with van der Waals surface area (Å²) in [6, 6.07) is 13.7. The van der Waals surface area contributed by atoms with Crippen LogP contribution >= 0.6 is 0 Å². The lowest BCUT2D eigenvalue weighted by atomic mass is 10.1. The van der Waals surface area contributed by atoms with E-state index in [4.69, 9.17) is 0 Å². The van der Waals surface area contributed by atoms with Gasteiger partial charge in [0.2, 0.25) is 0 Å². The van der Waals surface area contributed by atoms with E-state index in [0.717, 1.165) is 16.8 Å². The summed E-state index contributed by atoms with van der Waals surface area (Å²) in [5, 5.41) is 9.31. The lowest BCUT2D eigenvalue weighted by Crippen LogP contribution is -2.20. The average Bonchev–Trinajstić information content (AvgIpc) is 2.40. The van der Waals surface area contributed by atoms with Crippen LogP contribution in [-0.2, 0) is 6.54 Å². The van der Waals surface area contributed by atoms with Gasteiger partial charge in [-0.15, -0.1) is 0 Å². The largest absolute Gasteiger partial charge is 0.478 e. The lowest BCUT2D eigenvalue weighted by Gasteiger charge is -2.23. The van der Waals surface area contributed by atoms with E-state index in [1.807, 2.05) is 24.9 Å². The molecule has 2 aromatic rings. The van der Waals surface area contributed by atoms with Gasteiger partial charge in [-0.1, -0.05) is 42.0 Å². The smallest absolute Gasteiger partial charge is 0.337 e. The molecule has 0 aliphatic rings. The van der Waals surface area contributed by atoms with E-state index in [9.17, 15) is 9.90 Å². The Morgan fingerprint density at radius 2 is 1.75 bits per heavy atom. The van der Waals surface area contributed by atoms with Crippen LogP contribution in [0.1, 0.15) is 27.0 Å². The zero-order valence-corrected chi connectivity index (χ0v) is 12.1. The third-order valence-corrected chi connectivity index (χ3v) is 3.39. The van der Waals surface area contributed by atoms with Gasteiger partial charge >= 0.3 is 5.97 Å². The van der Waals surface area contributed by atoms with E-state index in [-0.39, 0.29) is 0 Å². The number of carboxylic acid groups (broad SMARTS) is 1. The molecule has 0 aliphatic carbocycles. The minimum Gasteiger partial charge on any atom is -0.478 e. The van der Waals surface area contributed by atoms with Gasteiger partial charge in [0.1, 0.15) is 0 Å². The molecule has 3 heteroatoms. The molecular formula is C17H19NO2. The van der Waals surface area contributed by atoms with Crippen molar-refractivity contribution >= 4 is 11.7 Å². The van der Waals surface area contributed by atoms with Crippen LogP contribution in [0.5, 0.6) is 0 Å². The van der Waals surface area contributed by atoms with Crippen molar-refractivity contribution in [2.75, 3.05) is 11.9 Å². The third kappa shape index (κ3) is 2.99. The highest BCUT2D eigenvalue weighted by molar-refractivity contribution is 5.95. The zero-order chi connectivity index (χ0) is 14.7. The summed E-state index contributed by atoms with van der Waals surface area (Å²) in [6.45, 7) is 4.68. The highest BCUT2D eigenvalue weighted by Crippen LogP contribution is 2.25. The standard InChI is InChI=1S/C17H19NO2/c1-12-7-9-14(10-8-12)11-18(3)16-13(2)5-4-6-15(16)17(19)20/h4-10H,11H2,1-3H3,(H,19,20). The van der Waals surface area contributed by atoms with Crippen molar-refractivity contribution in [3.63, 3.8) is 0 Å². The maximum absolute atomic E-state index is 11.3. The topological polar surface area (TPSA) is 40.5 Å². The molecule has 0 amide bonds. The first-order valence-electron chi connectivity index (χ1n) is 6.58. The molecule has 0 atom stereocenters. The summed E-state index contributed by atoms with van der Waals surface area (Å²) in [5.41, 5.74) is 4.48. The van der Waals surface area contributed by atoms with Crippen LogP contribution in [-0.4, -0.2) is 18.1 Å². The van der Waals surface area contributed by atoms with Gasteiger partial charge in [0, 0.05) is 13.6 Å². The van der Waals surface area contributed by atoms with Gasteiger partial charge in [0.05, 0.1) is 11.3 Å². The van der Waals surface area contributed by atoms with E-state index in [0.29, 0.717) is 12.1 Å². The second kappa shape index (κ2) is 5.78. The van der Waals surface area contributed by atoms with Gasteiger partial charge in [-0.2, -0.15) is 0 Å². The van der Waals surface area contributed by atoms with Crippen molar-refractivity contribution in [3.8, 4) is 0 Å². The molecular weight excluding hydrogens is 250 g/mol. The molecule has 0 aromatic heterocycles. The number of hydrogen-bond donors (Lipinski definition) is 1. The Morgan fingerprint density at radius 1 is 1.10 bits per heavy atom. The normalized spacial score (nSPS) is 10.3. The minimum atomic E-state index is -0.889. The number of aryl methyl sites for hydroxylation is 2. The molecule has 2 aromatic carbocycles. The summed E-state index contributed by atoms with van der Waals surface area (Å²) >= 11 is 0. The molecule has 0 radical (unpaired) electrons. The van der Waals surface area contributed by atoms with E-state index in [1.165, 1.54) is 5.56 Å². The summed E-state index contributed by atoms with van der Waals surface area (Å²) in [6.07, 6.45) is 0. The summed E-state index contributed by atoms with van der Waals surface area (Å²) in [4.78, 5) is 13.3. The van der Waals surface area contributed by atoms with Crippen molar-refractivity contribution in [1.82, 2.24) is 0 Å². The second-order valence-electron chi connectivity index (χ2n) is 5.12. The first-order valence-corrected chi connectivity index (χ1v) is 6.58. The molecule has 3 nitrogen and oxygen atoms in total. The number of carboxylic acids is 1. The summed E-state index contributed by atoms with van der Waals surface area (Å²) in [5.74, 6) is -0.889. The van der Waals surface area contributed by atoms with Gasteiger partial charge < -0.3 is 10.0 Å². The van der Waals surface area contributed by atoms with Crippen LogP contribution in [0.25, 0.3) is 0 Å². The first-order chi connectivity index (χ1) is 9.49. The Morgan fingerprint density at radius 3 is 2.35 bits per heavy atom. The zero-order valence-electron chi connectivity index (χ0n) is 12.1. The molecule has 0 saturated carbocycles. The Hall–Kier alpha value is -2.29. The predicted octanol–water partition coefficient (Wildman–Crippen LogP) is 3.64. The van der Waals surface area contributed by atoms with Gasteiger partial charge in [0.15, 0.2) is 0 Å². The fraction of sp³-hybridized carbons (Fsp3) is 0.235. The summed E-state index contributed by atoms with van der Waals surface area (Å²) < 4.78 is 0. The van der Waals surface area contributed by atoms with Crippen LogP contribution < -0.4 is 4.90 Å². The molecule has 0 fully saturated rings. The molecule has 0 aliphatic heterocycles. The monoisotopic (exact) mass is 269 g/mol. The Balaban J connectivity index is 2.31. The molecule has 0 spiro atoms. The molecule has 20 heavy (non-hydrogen) atoms. The van der Waals surface area contributed by atoms with Crippen LogP contribution in [0.3, 0.4) is 0 Å². The highest BCUT2D eigenvalue weighted by atomic mass is 16.4. The first kappa shape index (κ1) is 14.1. The molecule has 0 saturated heterocycles. The molecule has 0 bridgehead atoms. The Kier molecular flexibility index (Phi) is 4.08. The molecule has 0 unspecified atom stereocenters. The van der Waals surface area contributed by atoms with Crippen molar-refractivity contribution in [1.29, 1.82) is 0 Å². The fourth-order valence-corrected chi connectivity index (χ4v) is 2.38. The third-order valence-electron chi connectivity index (χ3n) is 3.39. The minimum absolute atomic E-state index is 0.347. The molecule has 1 N–H and O–H groups in total. The van der Waals surface area contributed by atoms with Gasteiger partial charge in [-0.05, 0) is 31.0 Å². The van der Waals surface area contributed by atoms with Crippen LogP contribution in [0.2, 0.25) is 0 Å². The van der Waals surface area contributed by atoms with Crippen molar-refractivity contribution in [2.24, 2.45) is 0 Å². The highest BCUT2D eigenvalue weighted by Gasteiger charge is 2.15. The van der Waals surface area contributed by atoms with E-state index < -0.39 is 5.97 Å². The van der Waals surface area contributed by atoms with Gasteiger partial charge in [0.25, 0.3) is 0 Å². The molecule has 0 heterocycles. The number of benzene rings is 2. The van der Waals surface area contributed by atoms with Crippen LogP contribution in [0, 0.1) is 13.8 Å². The fourth-order valence-electron chi connectivity index (χ4n) is 2.38. The number of para-hydroxylation sites is 1. The maximum atomic E-state index is 11.3. The number of rotatable bonds is 4. The number of carbonyl (C=O) groups is 1. The quantitative estimate of drug-likeness (QED) is 0.921. The van der Waals surface area contributed by atoms with Crippen LogP contribution in [0.15, 0.2) is 42.5 Å². The summed E-state index contributed by atoms with van der Waals surface area (Å²) in [7, 11) is 1.93. The Labute approximate surface area is 119 Å². The van der Waals surface area contributed by atoms with Crippen molar-refractivity contribution < 1.29 is 9.90 Å². The van der Waals surface area contributed by atoms with E-state index >= 15 is 0 Å². The van der Waals surface area contributed by atoms with Crippen molar-refractivity contribution in [2.45, 2.75) is 20.4 Å². The lowest BCUT2D eigenvalue weighted by molar-refractivity contribution is 0.0697. The maximum Gasteiger partial charge on any atom is 0.337 e. The predicted molar refractivity (Wildman–Crippen MR) is 81.4 cm³/mol. The molecule has 2 rings (SSSR count). The SMILES string of the molecule is Cc1ccc(CN(C)c2c(C)cccc2C(=O)O)cc1. The number of nitrogens with zero attached hydrogens (tertiary/aromatic N) is 1. The van der Waals surface area contributed by atoms with E-state index in [1.54, 1.807) is 12.1 Å². The van der Waals surface area contributed by atoms with Gasteiger partial charge in [-0.25, -0.2) is 4.79 Å².